The van der Waals surface area contributed by atoms with Crippen LogP contribution in [0.3, 0.4) is 0 Å². The number of fused-ring (bicyclic) bond motifs is 1. The van der Waals surface area contributed by atoms with E-state index in [2.05, 4.69) is 15.6 Å². The Kier molecular flexibility index (Phi) is 6.85. The number of esters is 1. The lowest BCUT2D eigenvalue weighted by molar-refractivity contribution is -0.146. The fraction of sp³-hybridized carbons (Fsp3) is 0.261. The molecule has 2 amide bonds. The van der Waals surface area contributed by atoms with Crippen LogP contribution in [-0.4, -0.2) is 35.9 Å². The van der Waals surface area contributed by atoms with Gasteiger partial charge in [-0.15, -0.1) is 0 Å². The van der Waals surface area contributed by atoms with Gasteiger partial charge in [0.2, 0.25) is 0 Å². The van der Waals surface area contributed by atoms with Crippen molar-refractivity contribution >= 4 is 34.4 Å². The molecule has 0 unspecified atom stereocenters. The van der Waals surface area contributed by atoms with E-state index in [1.165, 1.54) is 0 Å². The first-order chi connectivity index (χ1) is 14.4. The molecule has 0 radical (unpaired) electrons. The van der Waals surface area contributed by atoms with Gasteiger partial charge in [0, 0.05) is 23.6 Å². The Balaban J connectivity index is 1.54. The van der Waals surface area contributed by atoms with Crippen molar-refractivity contribution in [2.75, 3.05) is 18.5 Å². The minimum absolute atomic E-state index is 0.0610. The van der Waals surface area contributed by atoms with Crippen molar-refractivity contribution in [3.63, 3.8) is 0 Å². The van der Waals surface area contributed by atoms with Crippen LogP contribution >= 0.6 is 0 Å². The average molecular weight is 407 g/mol. The molecule has 0 aliphatic rings. The van der Waals surface area contributed by atoms with Gasteiger partial charge >= 0.3 is 5.97 Å². The zero-order chi connectivity index (χ0) is 21.5. The highest BCUT2D eigenvalue weighted by atomic mass is 16.5. The minimum atomic E-state index is -0.508. The summed E-state index contributed by atoms with van der Waals surface area (Å²) in [5, 5.41) is 6.41. The van der Waals surface area contributed by atoms with Crippen LogP contribution in [0, 0.1) is 5.92 Å². The molecule has 0 bridgehead atoms. The van der Waals surface area contributed by atoms with E-state index in [0.717, 1.165) is 16.5 Å². The summed E-state index contributed by atoms with van der Waals surface area (Å²) in [5.74, 6) is -0.965. The number of carbonyl (C=O) groups excluding carboxylic acids is 3. The maximum atomic E-state index is 12.4. The molecule has 1 heterocycles. The average Bonchev–Trinajstić information content (AvgIpc) is 3.14. The molecule has 3 rings (SSSR count). The molecule has 30 heavy (non-hydrogen) atoms. The van der Waals surface area contributed by atoms with E-state index in [1.807, 2.05) is 38.1 Å². The summed E-state index contributed by atoms with van der Waals surface area (Å²) in [4.78, 5) is 39.9. The van der Waals surface area contributed by atoms with E-state index in [0.29, 0.717) is 23.7 Å². The van der Waals surface area contributed by atoms with Crippen LogP contribution < -0.4 is 10.6 Å². The second kappa shape index (κ2) is 9.73. The molecule has 0 aliphatic heterocycles. The molecule has 3 aromatic rings. The van der Waals surface area contributed by atoms with Crippen LogP contribution in [-0.2, 0) is 20.7 Å². The predicted molar refractivity (Wildman–Crippen MR) is 115 cm³/mol. The third-order valence-corrected chi connectivity index (χ3v) is 4.49. The van der Waals surface area contributed by atoms with Crippen LogP contribution in [0.2, 0.25) is 0 Å². The van der Waals surface area contributed by atoms with Crippen LogP contribution in [0.25, 0.3) is 10.9 Å². The molecule has 3 N–H and O–H groups in total. The molecule has 1 aromatic heterocycles. The molecule has 7 nitrogen and oxygen atoms in total. The largest absolute Gasteiger partial charge is 0.455 e. The van der Waals surface area contributed by atoms with Crippen LogP contribution in [0.5, 0.6) is 0 Å². The maximum absolute atomic E-state index is 12.4. The third-order valence-electron chi connectivity index (χ3n) is 4.49. The molecule has 2 aromatic carbocycles. The van der Waals surface area contributed by atoms with E-state index in [1.54, 1.807) is 30.5 Å². The summed E-state index contributed by atoms with van der Waals surface area (Å²) in [6.45, 7) is 4.10. The molecule has 0 atom stereocenters. The molecule has 0 aliphatic carbocycles. The van der Waals surface area contributed by atoms with Crippen molar-refractivity contribution < 1.29 is 19.1 Å². The number of aromatic amines is 1. The van der Waals surface area contributed by atoms with Crippen molar-refractivity contribution in [3.05, 3.63) is 65.9 Å². The Morgan fingerprint density at radius 3 is 2.57 bits per heavy atom. The van der Waals surface area contributed by atoms with Gasteiger partial charge in [-0.3, -0.25) is 14.4 Å². The van der Waals surface area contributed by atoms with Crippen molar-refractivity contribution in [3.8, 4) is 0 Å². The molecular weight excluding hydrogens is 382 g/mol. The summed E-state index contributed by atoms with van der Waals surface area (Å²) in [7, 11) is 0. The molecule has 7 heteroatoms. The van der Waals surface area contributed by atoms with Gasteiger partial charge in [-0.05, 0) is 29.7 Å². The molecule has 0 fully saturated rings. The number of amides is 2. The van der Waals surface area contributed by atoms with E-state index in [9.17, 15) is 14.4 Å². The lowest BCUT2D eigenvalue weighted by atomic mass is 10.1. The number of anilines is 1. The first-order valence-corrected chi connectivity index (χ1v) is 9.81. The van der Waals surface area contributed by atoms with E-state index in [4.69, 9.17) is 4.74 Å². The van der Waals surface area contributed by atoms with Gasteiger partial charge in [-0.25, -0.2) is 0 Å². The normalized spacial score (nSPS) is 10.8. The van der Waals surface area contributed by atoms with Crippen molar-refractivity contribution in [1.82, 2.24) is 10.3 Å². The van der Waals surface area contributed by atoms with Gasteiger partial charge in [0.15, 0.2) is 6.61 Å². The SMILES string of the molecule is CC(C)CNC(=O)c1ccccc1NC(=O)COC(=O)Cc1c[nH]c2ccccc12. The zero-order valence-electron chi connectivity index (χ0n) is 17.0. The zero-order valence-corrected chi connectivity index (χ0v) is 17.0. The number of hydrogen-bond donors (Lipinski definition) is 3. The topological polar surface area (TPSA) is 100 Å². The maximum Gasteiger partial charge on any atom is 0.310 e. The van der Waals surface area contributed by atoms with Gasteiger partial charge in [0.05, 0.1) is 17.7 Å². The number of ether oxygens (including phenoxy) is 1. The molecule has 0 spiro atoms. The number of hydrogen-bond acceptors (Lipinski definition) is 4. The lowest BCUT2D eigenvalue weighted by Gasteiger charge is -2.12. The van der Waals surface area contributed by atoms with Gasteiger partial charge < -0.3 is 20.4 Å². The standard InChI is InChI=1S/C23H25N3O4/c1-15(2)12-25-23(29)18-8-4-6-10-20(18)26-21(27)14-30-22(28)11-16-13-24-19-9-5-3-7-17(16)19/h3-10,13,15,24H,11-12,14H2,1-2H3,(H,25,29)(H,26,27). The smallest absolute Gasteiger partial charge is 0.310 e. The van der Waals surface area contributed by atoms with Crippen LogP contribution in [0.1, 0.15) is 29.8 Å². The van der Waals surface area contributed by atoms with Crippen LogP contribution in [0.15, 0.2) is 54.7 Å². The van der Waals surface area contributed by atoms with E-state index in [-0.39, 0.29) is 12.3 Å². The Bertz CT molecular complexity index is 1060. The van der Waals surface area contributed by atoms with Gasteiger partial charge in [-0.1, -0.05) is 44.2 Å². The summed E-state index contributed by atoms with van der Waals surface area (Å²) in [6, 6.07) is 14.4. The summed E-state index contributed by atoms with van der Waals surface area (Å²) >= 11 is 0. The highest BCUT2D eigenvalue weighted by Crippen LogP contribution is 2.18. The first kappa shape index (κ1) is 21.1. The van der Waals surface area contributed by atoms with Crippen LogP contribution in [0.4, 0.5) is 5.69 Å². The quantitative estimate of drug-likeness (QED) is 0.499. The van der Waals surface area contributed by atoms with Crippen molar-refractivity contribution in [1.29, 1.82) is 0 Å². The van der Waals surface area contributed by atoms with Crippen molar-refractivity contribution in [2.45, 2.75) is 20.3 Å². The highest BCUT2D eigenvalue weighted by molar-refractivity contribution is 6.04. The Morgan fingerprint density at radius 1 is 1.03 bits per heavy atom. The number of nitrogens with one attached hydrogen (secondary N) is 3. The second-order valence-corrected chi connectivity index (χ2v) is 7.39. The summed E-state index contributed by atoms with van der Waals surface area (Å²) in [5.41, 5.74) is 2.47. The third kappa shape index (κ3) is 5.47. The Labute approximate surface area is 174 Å². The monoisotopic (exact) mass is 407 g/mol. The second-order valence-electron chi connectivity index (χ2n) is 7.39. The molecular formula is C23H25N3O4. The lowest BCUT2D eigenvalue weighted by Crippen LogP contribution is -2.29. The molecule has 0 saturated heterocycles. The number of carbonyl (C=O) groups is 3. The Morgan fingerprint density at radius 2 is 1.77 bits per heavy atom. The first-order valence-electron chi connectivity index (χ1n) is 9.81. The highest BCUT2D eigenvalue weighted by Gasteiger charge is 2.15. The van der Waals surface area contributed by atoms with E-state index >= 15 is 0 Å². The number of H-pyrrole nitrogens is 1. The molecule has 156 valence electrons. The molecule has 0 saturated carbocycles. The predicted octanol–water partition coefficient (Wildman–Crippen LogP) is 3.28. The van der Waals surface area contributed by atoms with Gasteiger partial charge in [0.1, 0.15) is 0 Å². The fourth-order valence-corrected chi connectivity index (χ4v) is 3.00. The number of para-hydroxylation sites is 2. The van der Waals surface area contributed by atoms with Crippen molar-refractivity contribution in [2.24, 2.45) is 5.92 Å². The summed E-state index contributed by atoms with van der Waals surface area (Å²) < 4.78 is 5.11. The van der Waals surface area contributed by atoms with Gasteiger partial charge in [-0.2, -0.15) is 0 Å². The number of benzene rings is 2. The van der Waals surface area contributed by atoms with Gasteiger partial charge in [0.25, 0.3) is 11.8 Å². The van der Waals surface area contributed by atoms with E-state index < -0.39 is 18.5 Å². The minimum Gasteiger partial charge on any atom is -0.455 e. The number of rotatable bonds is 8. The Hall–Kier alpha value is -3.61. The summed E-state index contributed by atoms with van der Waals surface area (Å²) in [6.07, 6.45) is 1.82. The number of aromatic nitrogens is 1. The fourth-order valence-electron chi connectivity index (χ4n) is 3.00.